The molecule has 1 N–H and O–H groups in total. The summed E-state index contributed by atoms with van der Waals surface area (Å²) in [6.07, 6.45) is 7.06. The maximum Gasteiger partial charge on any atom is 0.147 e. The SMILES string of the molecule is Cc1nc2ccc(-n3ccnc3-c3ccoc3)cc2[nH]1. The molecule has 1 aromatic carbocycles. The molecule has 5 heteroatoms. The zero-order valence-electron chi connectivity index (χ0n) is 10.9. The molecule has 0 spiro atoms. The summed E-state index contributed by atoms with van der Waals surface area (Å²) in [7, 11) is 0. The smallest absolute Gasteiger partial charge is 0.147 e. The molecule has 20 heavy (non-hydrogen) atoms. The van der Waals surface area contributed by atoms with Gasteiger partial charge in [-0.05, 0) is 31.2 Å². The summed E-state index contributed by atoms with van der Waals surface area (Å²) in [6.45, 7) is 1.95. The van der Waals surface area contributed by atoms with E-state index in [2.05, 4.69) is 21.0 Å². The van der Waals surface area contributed by atoms with Gasteiger partial charge in [-0.1, -0.05) is 0 Å². The first-order valence-electron chi connectivity index (χ1n) is 6.34. The highest BCUT2D eigenvalue weighted by Crippen LogP contribution is 2.23. The molecule has 0 aliphatic carbocycles. The highest BCUT2D eigenvalue weighted by molar-refractivity contribution is 5.78. The van der Waals surface area contributed by atoms with Gasteiger partial charge in [-0.25, -0.2) is 9.97 Å². The van der Waals surface area contributed by atoms with Crippen LogP contribution in [-0.4, -0.2) is 19.5 Å². The third-order valence-electron chi connectivity index (χ3n) is 3.28. The molecule has 3 aromatic heterocycles. The van der Waals surface area contributed by atoms with E-state index in [1.807, 2.05) is 35.9 Å². The largest absolute Gasteiger partial charge is 0.472 e. The maximum absolute atomic E-state index is 5.13. The summed E-state index contributed by atoms with van der Waals surface area (Å²) < 4.78 is 7.16. The van der Waals surface area contributed by atoms with Crippen molar-refractivity contribution in [2.24, 2.45) is 0 Å². The van der Waals surface area contributed by atoms with Crippen molar-refractivity contribution in [3.8, 4) is 17.1 Å². The van der Waals surface area contributed by atoms with Crippen LogP contribution in [0.25, 0.3) is 28.1 Å². The van der Waals surface area contributed by atoms with E-state index in [0.29, 0.717) is 0 Å². The minimum Gasteiger partial charge on any atom is -0.472 e. The van der Waals surface area contributed by atoms with Crippen molar-refractivity contribution in [1.29, 1.82) is 0 Å². The van der Waals surface area contributed by atoms with Crippen molar-refractivity contribution < 1.29 is 4.42 Å². The number of fused-ring (bicyclic) bond motifs is 1. The number of hydrogen-bond acceptors (Lipinski definition) is 3. The molecule has 4 aromatic rings. The Kier molecular flexibility index (Phi) is 2.26. The summed E-state index contributed by atoms with van der Waals surface area (Å²) in [6, 6.07) is 8.01. The monoisotopic (exact) mass is 264 g/mol. The number of furan rings is 1. The van der Waals surface area contributed by atoms with Crippen molar-refractivity contribution in [3.05, 3.63) is 55.0 Å². The van der Waals surface area contributed by atoms with E-state index in [4.69, 9.17) is 4.42 Å². The summed E-state index contributed by atoms with van der Waals surface area (Å²) in [5, 5.41) is 0. The van der Waals surface area contributed by atoms with Crippen LogP contribution in [-0.2, 0) is 0 Å². The fraction of sp³-hybridized carbons (Fsp3) is 0.0667. The number of H-pyrrole nitrogens is 1. The molecule has 3 heterocycles. The lowest BCUT2D eigenvalue weighted by Crippen LogP contribution is -1.95. The fourth-order valence-corrected chi connectivity index (χ4v) is 2.39. The minimum absolute atomic E-state index is 0.856. The van der Waals surface area contributed by atoms with Crippen LogP contribution in [0, 0.1) is 6.92 Å². The number of benzene rings is 1. The lowest BCUT2D eigenvalue weighted by molar-refractivity contribution is 0.568. The third kappa shape index (κ3) is 1.64. The zero-order valence-corrected chi connectivity index (χ0v) is 10.9. The number of aryl methyl sites for hydroxylation is 1. The lowest BCUT2D eigenvalue weighted by Gasteiger charge is -2.06. The van der Waals surface area contributed by atoms with Crippen LogP contribution in [0.5, 0.6) is 0 Å². The maximum atomic E-state index is 5.13. The number of nitrogens with zero attached hydrogens (tertiary/aromatic N) is 3. The van der Waals surface area contributed by atoms with Gasteiger partial charge in [0.15, 0.2) is 0 Å². The van der Waals surface area contributed by atoms with Gasteiger partial charge in [-0.2, -0.15) is 0 Å². The van der Waals surface area contributed by atoms with Crippen LogP contribution in [0.3, 0.4) is 0 Å². The average Bonchev–Trinajstić information content (AvgIpc) is 3.16. The van der Waals surface area contributed by atoms with Crippen LogP contribution < -0.4 is 0 Å². The zero-order chi connectivity index (χ0) is 13.5. The van der Waals surface area contributed by atoms with Gasteiger partial charge in [0.25, 0.3) is 0 Å². The van der Waals surface area contributed by atoms with Crippen molar-refractivity contribution >= 4 is 11.0 Å². The predicted molar refractivity (Wildman–Crippen MR) is 75.7 cm³/mol. The first-order valence-corrected chi connectivity index (χ1v) is 6.34. The molecule has 0 atom stereocenters. The van der Waals surface area contributed by atoms with Gasteiger partial charge in [0.2, 0.25) is 0 Å². The Labute approximate surface area is 114 Å². The standard InChI is InChI=1S/C15H12N4O/c1-10-17-13-3-2-12(8-14(13)18-10)19-6-5-16-15(19)11-4-7-20-9-11/h2-9H,1H3,(H,17,18). The minimum atomic E-state index is 0.856. The van der Waals surface area contributed by atoms with Crippen LogP contribution >= 0.6 is 0 Å². The summed E-state index contributed by atoms with van der Waals surface area (Å²) in [5.74, 6) is 1.77. The molecule has 0 aliphatic rings. The second-order valence-electron chi connectivity index (χ2n) is 4.66. The predicted octanol–water partition coefficient (Wildman–Crippen LogP) is 3.32. The Balaban J connectivity index is 1.89. The van der Waals surface area contributed by atoms with E-state index in [-0.39, 0.29) is 0 Å². The molecule has 5 nitrogen and oxygen atoms in total. The Bertz CT molecular complexity index is 870. The molecular weight excluding hydrogens is 252 g/mol. The number of nitrogens with one attached hydrogen (secondary N) is 1. The Morgan fingerprint density at radius 1 is 1.25 bits per heavy atom. The normalized spacial score (nSPS) is 11.2. The van der Waals surface area contributed by atoms with E-state index in [1.165, 1.54) is 0 Å². The second kappa shape index (κ2) is 4.09. The molecule has 0 bridgehead atoms. The molecule has 4 rings (SSSR count). The average molecular weight is 264 g/mol. The number of aromatic nitrogens is 4. The number of rotatable bonds is 2. The van der Waals surface area contributed by atoms with Gasteiger partial charge in [-0.3, -0.25) is 4.57 Å². The number of hydrogen-bond donors (Lipinski definition) is 1. The van der Waals surface area contributed by atoms with Gasteiger partial charge in [0.1, 0.15) is 17.9 Å². The first kappa shape index (κ1) is 11.0. The van der Waals surface area contributed by atoms with Crippen molar-refractivity contribution in [2.45, 2.75) is 6.92 Å². The molecule has 0 saturated heterocycles. The molecular formula is C15H12N4O. The third-order valence-corrected chi connectivity index (χ3v) is 3.28. The van der Waals surface area contributed by atoms with Gasteiger partial charge in [0, 0.05) is 18.1 Å². The van der Waals surface area contributed by atoms with E-state index in [0.717, 1.165) is 33.9 Å². The number of aromatic amines is 1. The number of imidazole rings is 2. The molecule has 0 aliphatic heterocycles. The van der Waals surface area contributed by atoms with Crippen LogP contribution in [0.2, 0.25) is 0 Å². The van der Waals surface area contributed by atoms with E-state index < -0.39 is 0 Å². The summed E-state index contributed by atoms with van der Waals surface area (Å²) >= 11 is 0. The van der Waals surface area contributed by atoms with Crippen molar-refractivity contribution in [1.82, 2.24) is 19.5 Å². The highest BCUT2D eigenvalue weighted by Gasteiger charge is 2.10. The van der Waals surface area contributed by atoms with E-state index in [9.17, 15) is 0 Å². The molecule has 98 valence electrons. The summed E-state index contributed by atoms with van der Waals surface area (Å²) in [5.41, 5.74) is 3.98. The van der Waals surface area contributed by atoms with Crippen LogP contribution in [0.15, 0.2) is 53.6 Å². The van der Waals surface area contributed by atoms with Gasteiger partial charge in [0.05, 0.1) is 22.9 Å². The van der Waals surface area contributed by atoms with Crippen LogP contribution in [0.1, 0.15) is 5.82 Å². The van der Waals surface area contributed by atoms with E-state index in [1.54, 1.807) is 18.7 Å². The molecule has 0 unspecified atom stereocenters. The Morgan fingerprint density at radius 2 is 2.20 bits per heavy atom. The molecule has 0 fully saturated rings. The van der Waals surface area contributed by atoms with Gasteiger partial charge in [-0.15, -0.1) is 0 Å². The molecule has 0 saturated carbocycles. The quantitative estimate of drug-likeness (QED) is 0.604. The topological polar surface area (TPSA) is 59.6 Å². The van der Waals surface area contributed by atoms with Gasteiger partial charge < -0.3 is 9.40 Å². The molecule has 0 amide bonds. The fourth-order valence-electron chi connectivity index (χ4n) is 2.39. The molecule has 0 radical (unpaired) electrons. The van der Waals surface area contributed by atoms with Crippen LogP contribution in [0.4, 0.5) is 0 Å². The van der Waals surface area contributed by atoms with E-state index >= 15 is 0 Å². The second-order valence-corrected chi connectivity index (χ2v) is 4.66. The van der Waals surface area contributed by atoms with Crippen molar-refractivity contribution in [2.75, 3.05) is 0 Å². The Morgan fingerprint density at radius 3 is 3.05 bits per heavy atom. The van der Waals surface area contributed by atoms with Gasteiger partial charge >= 0.3 is 0 Å². The Hall–Kier alpha value is -2.82. The van der Waals surface area contributed by atoms with Crippen molar-refractivity contribution in [3.63, 3.8) is 0 Å². The first-order chi connectivity index (χ1) is 9.81. The lowest BCUT2D eigenvalue weighted by atomic mass is 10.2. The summed E-state index contributed by atoms with van der Waals surface area (Å²) in [4.78, 5) is 12.1. The highest BCUT2D eigenvalue weighted by atomic mass is 16.3.